The summed E-state index contributed by atoms with van der Waals surface area (Å²) in [5.41, 5.74) is 4.57. The number of ether oxygens (including phenoxy) is 3. The summed E-state index contributed by atoms with van der Waals surface area (Å²) < 4.78 is 56.6. The van der Waals surface area contributed by atoms with Crippen LogP contribution in [0.4, 0.5) is 5.82 Å². The minimum absolute atomic E-state index is 0.00543. The second-order valence-electron chi connectivity index (χ2n) is 17.0. The van der Waals surface area contributed by atoms with Crippen LogP contribution in [0.2, 0.25) is 0 Å². The quantitative estimate of drug-likeness (QED) is 0.0102. The third kappa shape index (κ3) is 30.5. The van der Waals surface area contributed by atoms with Gasteiger partial charge >= 0.3 is 33.3 Å². The third-order valence-electron chi connectivity index (χ3n) is 10.8. The van der Waals surface area contributed by atoms with E-state index in [0.717, 1.165) is 75.0 Å². The topological polar surface area (TPSA) is 283 Å². The van der Waals surface area contributed by atoms with Crippen LogP contribution in [0.15, 0.2) is 90.0 Å². The summed E-state index contributed by atoms with van der Waals surface area (Å²) in [4.78, 5) is 73.6. The number of phosphoric acid groups is 2. The van der Waals surface area contributed by atoms with Crippen molar-refractivity contribution in [2.75, 3.05) is 25.6 Å². The highest BCUT2D eigenvalue weighted by Crippen LogP contribution is 2.60. The number of nitrogens with zero attached hydrogens (tertiary/aromatic N) is 2. The molecule has 0 amide bonds. The average Bonchev–Trinajstić information content (AvgIpc) is 3.60. The number of rotatable bonds is 40. The Labute approximate surface area is 419 Å². The molecule has 21 heteroatoms. The molecule has 1 aromatic heterocycles. The number of carbonyl (C=O) groups is 3. The van der Waals surface area contributed by atoms with Gasteiger partial charge in [-0.2, -0.15) is 9.29 Å². The number of unbranched alkanes of at least 4 members (excludes halogenated alkanes) is 12. The van der Waals surface area contributed by atoms with E-state index < -0.39 is 83.7 Å². The van der Waals surface area contributed by atoms with Crippen molar-refractivity contribution in [2.45, 2.75) is 179 Å². The van der Waals surface area contributed by atoms with Crippen LogP contribution >= 0.6 is 15.6 Å². The molecule has 0 radical (unpaired) electrons. The van der Waals surface area contributed by atoms with Gasteiger partial charge in [0.15, 0.2) is 18.1 Å². The molecule has 2 unspecified atom stereocenters. The Morgan fingerprint density at radius 2 is 1.30 bits per heavy atom. The summed E-state index contributed by atoms with van der Waals surface area (Å²) in [5.74, 6) is -1.30. The SMILES string of the molecule is CCCCCC/C=C\C=C/CCCCCCCC(=O)O[C@H](COC(=O)CCC/C=C\C/C=C\C/C=C\C=C\C(=O)CCCCC)COP(=O)(O)OP(=O)(O)OC[C@H]1O[C@@H](n2ccc(N)nc2=O)[C@H](O)[C@@H]1O. The zero-order valence-electron chi connectivity index (χ0n) is 41.5. The number of ketones is 1. The van der Waals surface area contributed by atoms with Crippen molar-refractivity contribution in [3.8, 4) is 0 Å². The standard InChI is InChI=1S/C50H79N3O16P2/c1-3-5-7-8-9-10-11-12-13-14-17-21-24-27-31-35-46(56)67-42(38-64-45(55)34-30-26-23-20-18-15-16-19-22-25-29-33-41(54)32-28-6-4-2)39-65-70(60,61)69-71(62,63)66-40-43-47(57)48(58)49(68-43)53-37-36-44(51)52-50(53)59/h10-13,15-16,20,22-23,25,29,33,36-37,42-43,47-49,57-58H,3-9,14,17-19,21,24,26-28,30-32,34-35,38-40H2,1-2H3,(H,60,61)(H,62,63)(H2,51,52,59)/b11-10-,13-12-,16-15-,23-20-,25-22-,33-29+/t42-,43-,47-,48-,49-/m1/s1. The van der Waals surface area contributed by atoms with Crippen molar-refractivity contribution >= 4 is 39.2 Å². The highest BCUT2D eigenvalue weighted by molar-refractivity contribution is 7.61. The Hall–Kier alpha value is -4.13. The van der Waals surface area contributed by atoms with Crippen molar-refractivity contribution in [3.63, 3.8) is 0 Å². The third-order valence-corrected chi connectivity index (χ3v) is 13.4. The van der Waals surface area contributed by atoms with Crippen molar-refractivity contribution < 1.29 is 71.1 Å². The lowest BCUT2D eigenvalue weighted by atomic mass is 10.1. The molecule has 0 spiro atoms. The van der Waals surface area contributed by atoms with Crippen LogP contribution in [-0.2, 0) is 51.1 Å². The molecule has 400 valence electrons. The van der Waals surface area contributed by atoms with Gasteiger partial charge in [-0.3, -0.25) is 28.0 Å². The van der Waals surface area contributed by atoms with Gasteiger partial charge in [0.05, 0.1) is 13.2 Å². The molecule has 1 fully saturated rings. The number of hydrogen-bond donors (Lipinski definition) is 5. The van der Waals surface area contributed by atoms with Crippen LogP contribution < -0.4 is 11.4 Å². The molecule has 0 saturated carbocycles. The molecule has 6 N–H and O–H groups in total. The first-order valence-corrected chi connectivity index (χ1v) is 27.9. The number of allylic oxidation sites excluding steroid dienone is 12. The number of hydrogen-bond acceptors (Lipinski definition) is 16. The van der Waals surface area contributed by atoms with Gasteiger partial charge in [0.25, 0.3) is 0 Å². The van der Waals surface area contributed by atoms with E-state index >= 15 is 0 Å². The van der Waals surface area contributed by atoms with E-state index in [0.29, 0.717) is 32.1 Å². The smallest absolute Gasteiger partial charge is 0.462 e. The number of phosphoric ester groups is 2. The first-order chi connectivity index (χ1) is 34.1. The normalized spacial score (nSPS) is 19.7. The van der Waals surface area contributed by atoms with Crippen LogP contribution in [0.5, 0.6) is 0 Å². The van der Waals surface area contributed by atoms with Gasteiger partial charge in [0, 0.05) is 25.5 Å². The molecule has 0 aliphatic carbocycles. The summed E-state index contributed by atoms with van der Waals surface area (Å²) in [6.45, 7) is 1.88. The fourth-order valence-electron chi connectivity index (χ4n) is 6.84. The minimum Gasteiger partial charge on any atom is -0.462 e. The number of aliphatic hydroxyl groups excluding tert-OH is 2. The van der Waals surface area contributed by atoms with Gasteiger partial charge in [0.2, 0.25) is 0 Å². The van der Waals surface area contributed by atoms with Crippen molar-refractivity contribution in [2.24, 2.45) is 0 Å². The molecule has 0 aromatic carbocycles. The summed E-state index contributed by atoms with van der Waals surface area (Å²) in [6.07, 6.45) is 34.0. The van der Waals surface area contributed by atoms with E-state index in [4.69, 9.17) is 29.0 Å². The van der Waals surface area contributed by atoms with Gasteiger partial charge in [-0.1, -0.05) is 132 Å². The van der Waals surface area contributed by atoms with Gasteiger partial charge in [0.1, 0.15) is 30.7 Å². The Morgan fingerprint density at radius 1 is 0.718 bits per heavy atom. The Morgan fingerprint density at radius 3 is 2.00 bits per heavy atom. The van der Waals surface area contributed by atoms with E-state index in [1.807, 2.05) is 36.5 Å². The Kier molecular flexibility index (Phi) is 33.3. The van der Waals surface area contributed by atoms with Crippen molar-refractivity contribution in [3.05, 3.63) is 95.7 Å². The van der Waals surface area contributed by atoms with E-state index in [-0.39, 0.29) is 24.4 Å². The highest BCUT2D eigenvalue weighted by atomic mass is 31.3. The Bertz CT molecular complexity index is 2040. The van der Waals surface area contributed by atoms with Gasteiger partial charge in [-0.05, 0) is 76.4 Å². The summed E-state index contributed by atoms with van der Waals surface area (Å²) in [5, 5.41) is 20.9. The van der Waals surface area contributed by atoms with E-state index in [1.54, 1.807) is 12.2 Å². The molecule has 1 aromatic rings. The van der Waals surface area contributed by atoms with Crippen LogP contribution in [0.25, 0.3) is 0 Å². The molecule has 1 aliphatic heterocycles. The number of aliphatic hydroxyl groups is 2. The molecule has 71 heavy (non-hydrogen) atoms. The summed E-state index contributed by atoms with van der Waals surface area (Å²) in [7, 11) is -10.9. The Balaban J connectivity index is 1.85. The molecule has 2 rings (SSSR count). The monoisotopic (exact) mass is 1040 g/mol. The zero-order valence-corrected chi connectivity index (χ0v) is 43.3. The minimum atomic E-state index is -5.45. The second kappa shape index (κ2) is 37.6. The molecule has 19 nitrogen and oxygen atoms in total. The van der Waals surface area contributed by atoms with Gasteiger partial charge < -0.3 is 39.9 Å². The van der Waals surface area contributed by atoms with Crippen molar-refractivity contribution in [1.82, 2.24) is 9.55 Å². The molecule has 7 atom stereocenters. The highest BCUT2D eigenvalue weighted by Gasteiger charge is 2.46. The fraction of sp³-hybridized carbons (Fsp3) is 0.620. The van der Waals surface area contributed by atoms with Crippen LogP contribution in [0.1, 0.15) is 155 Å². The van der Waals surface area contributed by atoms with Gasteiger partial charge in [-0.25, -0.2) is 13.9 Å². The molecule has 1 aliphatic rings. The van der Waals surface area contributed by atoms with E-state index in [2.05, 4.69) is 47.4 Å². The van der Waals surface area contributed by atoms with Crippen LogP contribution in [-0.4, -0.2) is 91.5 Å². The summed E-state index contributed by atoms with van der Waals surface area (Å²) in [6, 6.07) is 1.24. The molecule has 1 saturated heterocycles. The number of anilines is 1. The number of aromatic nitrogens is 2. The number of carbonyl (C=O) groups excluding carboxylic acids is 3. The maximum atomic E-state index is 12.8. The predicted molar refractivity (Wildman–Crippen MR) is 270 cm³/mol. The fourth-order valence-corrected chi connectivity index (χ4v) is 8.95. The average molecular weight is 1040 g/mol. The van der Waals surface area contributed by atoms with Crippen molar-refractivity contribution in [1.29, 1.82) is 0 Å². The van der Waals surface area contributed by atoms with Gasteiger partial charge in [-0.15, -0.1) is 0 Å². The first kappa shape index (κ1) is 63.0. The number of nitrogen functional groups attached to an aromatic ring is 1. The number of esters is 2. The largest absolute Gasteiger partial charge is 0.481 e. The summed E-state index contributed by atoms with van der Waals surface area (Å²) >= 11 is 0. The number of nitrogens with two attached hydrogens (primary N) is 1. The molecule has 0 bridgehead atoms. The lowest BCUT2D eigenvalue weighted by Gasteiger charge is -2.21. The first-order valence-electron chi connectivity index (χ1n) is 24.9. The zero-order chi connectivity index (χ0) is 52.2. The molecular weight excluding hydrogens is 961 g/mol. The second-order valence-corrected chi connectivity index (χ2v) is 20.1. The van der Waals surface area contributed by atoms with Crippen LogP contribution in [0.3, 0.4) is 0 Å². The van der Waals surface area contributed by atoms with Crippen LogP contribution in [0, 0.1) is 0 Å². The predicted octanol–water partition coefficient (Wildman–Crippen LogP) is 9.29. The lowest BCUT2D eigenvalue weighted by Crippen LogP contribution is -2.36. The van der Waals surface area contributed by atoms with E-state index in [9.17, 15) is 48.3 Å². The lowest BCUT2D eigenvalue weighted by molar-refractivity contribution is -0.161. The maximum absolute atomic E-state index is 12.8. The van der Waals surface area contributed by atoms with E-state index in [1.165, 1.54) is 31.7 Å². The molecule has 2 heterocycles. The maximum Gasteiger partial charge on any atom is 0.481 e. The molecular formula is C50H79N3O16P2.